The highest BCUT2D eigenvalue weighted by Crippen LogP contribution is 2.35. The Morgan fingerprint density at radius 2 is 1.92 bits per heavy atom. The Labute approximate surface area is 154 Å². The van der Waals surface area contributed by atoms with Gasteiger partial charge in [-0.2, -0.15) is 0 Å². The van der Waals surface area contributed by atoms with E-state index in [-0.39, 0.29) is 5.91 Å². The lowest BCUT2D eigenvalue weighted by molar-refractivity contribution is 0.102. The number of hydrogen-bond donors (Lipinski definition) is 1. The number of carbonyl (C=O) groups excluding carboxylic acids is 1. The van der Waals surface area contributed by atoms with Crippen LogP contribution in [0, 0.1) is 13.8 Å². The zero-order chi connectivity index (χ0) is 17.3. The van der Waals surface area contributed by atoms with Crippen LogP contribution in [0.15, 0.2) is 42.5 Å². The van der Waals surface area contributed by atoms with Crippen LogP contribution >= 0.6 is 34.5 Å². The molecule has 3 nitrogen and oxygen atoms in total. The molecule has 6 heteroatoms. The molecular formula is C18H14Cl2N2OS. The molecule has 1 amide bonds. The second-order valence-corrected chi connectivity index (χ2v) is 7.42. The minimum Gasteiger partial charge on any atom is -0.298 e. The van der Waals surface area contributed by atoms with Crippen LogP contribution in [0.25, 0.3) is 11.3 Å². The first-order valence-electron chi connectivity index (χ1n) is 7.25. The summed E-state index contributed by atoms with van der Waals surface area (Å²) in [6, 6.07) is 12.7. The zero-order valence-electron chi connectivity index (χ0n) is 13.1. The van der Waals surface area contributed by atoms with E-state index in [1.807, 2.05) is 38.1 Å². The number of carbonyl (C=O) groups is 1. The quantitative estimate of drug-likeness (QED) is 0.610. The number of rotatable bonds is 3. The van der Waals surface area contributed by atoms with E-state index in [0.29, 0.717) is 20.7 Å². The molecule has 3 rings (SSSR count). The minimum atomic E-state index is -0.179. The molecule has 0 spiro atoms. The van der Waals surface area contributed by atoms with E-state index >= 15 is 0 Å². The highest BCUT2D eigenvalue weighted by atomic mass is 35.5. The maximum absolute atomic E-state index is 12.3. The number of nitrogens with zero attached hydrogens (tertiary/aromatic N) is 1. The van der Waals surface area contributed by atoms with Crippen LogP contribution in [0.2, 0.25) is 10.0 Å². The SMILES string of the molecule is Cc1cccc(C(=O)Nc2nc(-c3ccc(Cl)cc3Cl)c(C)s2)c1. The maximum atomic E-state index is 12.3. The highest BCUT2D eigenvalue weighted by Gasteiger charge is 2.15. The van der Waals surface area contributed by atoms with Gasteiger partial charge < -0.3 is 0 Å². The van der Waals surface area contributed by atoms with Crippen LogP contribution in [0.1, 0.15) is 20.8 Å². The van der Waals surface area contributed by atoms with Crippen molar-refractivity contribution < 1.29 is 4.79 Å². The van der Waals surface area contributed by atoms with E-state index in [4.69, 9.17) is 23.2 Å². The van der Waals surface area contributed by atoms with E-state index < -0.39 is 0 Å². The molecule has 0 saturated carbocycles. The highest BCUT2D eigenvalue weighted by molar-refractivity contribution is 7.16. The van der Waals surface area contributed by atoms with Crippen molar-refractivity contribution in [3.8, 4) is 11.3 Å². The predicted octanol–water partition coefficient (Wildman–Crippen LogP) is 5.99. The smallest absolute Gasteiger partial charge is 0.257 e. The number of hydrogen-bond acceptors (Lipinski definition) is 3. The normalized spacial score (nSPS) is 10.7. The molecule has 1 N–H and O–H groups in total. The number of thiazole rings is 1. The molecule has 122 valence electrons. The van der Waals surface area contributed by atoms with Gasteiger partial charge in [0.05, 0.1) is 10.7 Å². The minimum absolute atomic E-state index is 0.179. The molecule has 1 heterocycles. The lowest BCUT2D eigenvalue weighted by Crippen LogP contribution is -2.11. The third kappa shape index (κ3) is 3.61. The van der Waals surface area contributed by atoms with Gasteiger partial charge in [0.25, 0.3) is 5.91 Å². The van der Waals surface area contributed by atoms with E-state index in [0.717, 1.165) is 21.7 Å². The van der Waals surface area contributed by atoms with Crippen molar-refractivity contribution >= 4 is 45.6 Å². The molecule has 3 aromatic rings. The van der Waals surface area contributed by atoms with Gasteiger partial charge in [0.15, 0.2) is 5.13 Å². The van der Waals surface area contributed by atoms with E-state index in [2.05, 4.69) is 10.3 Å². The molecule has 0 atom stereocenters. The van der Waals surface area contributed by atoms with Gasteiger partial charge in [-0.1, -0.05) is 40.9 Å². The topological polar surface area (TPSA) is 42.0 Å². The summed E-state index contributed by atoms with van der Waals surface area (Å²) in [6.07, 6.45) is 0. The number of nitrogens with one attached hydrogen (secondary N) is 1. The summed E-state index contributed by atoms with van der Waals surface area (Å²) >= 11 is 13.6. The lowest BCUT2D eigenvalue weighted by atomic mass is 10.1. The van der Waals surface area contributed by atoms with Crippen molar-refractivity contribution in [2.75, 3.05) is 5.32 Å². The number of aromatic nitrogens is 1. The van der Waals surface area contributed by atoms with Crippen molar-refractivity contribution in [3.05, 3.63) is 68.5 Å². The van der Waals surface area contributed by atoms with Gasteiger partial charge in [-0.25, -0.2) is 4.98 Å². The zero-order valence-corrected chi connectivity index (χ0v) is 15.4. The third-order valence-electron chi connectivity index (χ3n) is 3.48. The largest absolute Gasteiger partial charge is 0.298 e. The second kappa shape index (κ2) is 6.93. The summed E-state index contributed by atoms with van der Waals surface area (Å²) < 4.78 is 0. The third-order valence-corrected chi connectivity index (χ3v) is 4.92. The Kier molecular flexibility index (Phi) is 4.90. The van der Waals surface area contributed by atoms with Crippen LogP contribution in [0.3, 0.4) is 0 Å². The Hall–Kier alpha value is -1.88. The number of amides is 1. The van der Waals surface area contributed by atoms with Crippen LogP contribution in [-0.4, -0.2) is 10.9 Å². The van der Waals surface area contributed by atoms with Gasteiger partial charge in [-0.3, -0.25) is 10.1 Å². The van der Waals surface area contributed by atoms with E-state index in [1.165, 1.54) is 11.3 Å². The van der Waals surface area contributed by atoms with E-state index in [9.17, 15) is 4.79 Å². The molecule has 0 bridgehead atoms. The van der Waals surface area contributed by atoms with Crippen LogP contribution in [-0.2, 0) is 0 Å². The van der Waals surface area contributed by atoms with Gasteiger partial charge >= 0.3 is 0 Å². The Morgan fingerprint density at radius 1 is 1.12 bits per heavy atom. The van der Waals surface area contributed by atoms with Gasteiger partial charge in [0, 0.05) is 21.0 Å². The number of benzene rings is 2. The van der Waals surface area contributed by atoms with Crippen LogP contribution < -0.4 is 5.32 Å². The maximum Gasteiger partial charge on any atom is 0.257 e. The monoisotopic (exact) mass is 376 g/mol. The predicted molar refractivity (Wildman–Crippen MR) is 101 cm³/mol. The molecule has 1 aromatic heterocycles. The van der Waals surface area contributed by atoms with Crippen molar-refractivity contribution in [2.24, 2.45) is 0 Å². The number of aryl methyl sites for hydroxylation is 2. The van der Waals surface area contributed by atoms with Gasteiger partial charge in [-0.05, 0) is 44.2 Å². The van der Waals surface area contributed by atoms with Crippen molar-refractivity contribution in [2.45, 2.75) is 13.8 Å². The fourth-order valence-corrected chi connectivity index (χ4v) is 3.66. The molecule has 0 aliphatic rings. The van der Waals surface area contributed by atoms with Crippen molar-refractivity contribution in [1.82, 2.24) is 4.98 Å². The summed E-state index contributed by atoms with van der Waals surface area (Å²) in [7, 11) is 0. The first-order chi connectivity index (χ1) is 11.4. The Bertz CT molecular complexity index is 921. The fourth-order valence-electron chi connectivity index (χ4n) is 2.34. The second-order valence-electron chi connectivity index (χ2n) is 5.37. The molecule has 0 radical (unpaired) electrons. The number of anilines is 1. The molecule has 24 heavy (non-hydrogen) atoms. The summed E-state index contributed by atoms with van der Waals surface area (Å²) in [4.78, 5) is 17.8. The molecule has 0 unspecified atom stereocenters. The van der Waals surface area contributed by atoms with Gasteiger partial charge in [0.2, 0.25) is 0 Å². The van der Waals surface area contributed by atoms with Crippen LogP contribution in [0.5, 0.6) is 0 Å². The molecule has 0 saturated heterocycles. The summed E-state index contributed by atoms with van der Waals surface area (Å²) in [6.45, 7) is 3.89. The van der Waals surface area contributed by atoms with Gasteiger partial charge in [-0.15, -0.1) is 11.3 Å². The average Bonchev–Trinajstić information content (AvgIpc) is 2.87. The van der Waals surface area contributed by atoms with Crippen molar-refractivity contribution in [3.63, 3.8) is 0 Å². The van der Waals surface area contributed by atoms with Gasteiger partial charge in [0.1, 0.15) is 0 Å². The first kappa shape index (κ1) is 17.0. The molecular weight excluding hydrogens is 363 g/mol. The number of halogens is 2. The van der Waals surface area contributed by atoms with E-state index in [1.54, 1.807) is 18.2 Å². The standard InChI is InChI=1S/C18H14Cl2N2OS/c1-10-4-3-5-12(8-10)17(23)22-18-21-16(11(2)24-18)14-7-6-13(19)9-15(14)20/h3-9H,1-2H3,(H,21,22,23). The molecule has 0 aliphatic carbocycles. The summed E-state index contributed by atoms with van der Waals surface area (Å²) in [5, 5.41) is 4.50. The molecule has 0 fully saturated rings. The molecule has 0 aliphatic heterocycles. The Morgan fingerprint density at radius 3 is 2.62 bits per heavy atom. The first-order valence-corrected chi connectivity index (χ1v) is 8.82. The van der Waals surface area contributed by atoms with Crippen LogP contribution in [0.4, 0.5) is 5.13 Å². The fraction of sp³-hybridized carbons (Fsp3) is 0.111. The van der Waals surface area contributed by atoms with Crippen molar-refractivity contribution in [1.29, 1.82) is 0 Å². The summed E-state index contributed by atoms with van der Waals surface area (Å²) in [5.74, 6) is -0.179. The average molecular weight is 377 g/mol. The summed E-state index contributed by atoms with van der Waals surface area (Å²) in [5.41, 5.74) is 3.19. The molecule has 2 aromatic carbocycles. The lowest BCUT2D eigenvalue weighted by Gasteiger charge is -2.03. The Balaban J connectivity index is 1.88.